The first kappa shape index (κ1) is 14.6. The maximum atomic E-state index is 11.8. The minimum Gasteiger partial charge on any atom is -0.394 e. The predicted molar refractivity (Wildman–Crippen MR) is 65.8 cm³/mol. The first-order valence-electron chi connectivity index (χ1n) is 5.93. The third-order valence-corrected chi connectivity index (χ3v) is 2.93. The molecule has 4 unspecified atom stereocenters. The Morgan fingerprint density at radius 2 is 2.20 bits per heavy atom. The molecule has 0 bridgehead atoms. The molecule has 1 saturated heterocycles. The van der Waals surface area contributed by atoms with Crippen LogP contribution in [0.25, 0.3) is 0 Å². The van der Waals surface area contributed by atoms with E-state index in [4.69, 9.17) is 9.84 Å². The van der Waals surface area contributed by atoms with Crippen LogP contribution in [0.3, 0.4) is 0 Å². The van der Waals surface area contributed by atoms with Crippen molar-refractivity contribution in [1.29, 1.82) is 0 Å². The van der Waals surface area contributed by atoms with Crippen molar-refractivity contribution in [3.05, 3.63) is 22.7 Å². The monoisotopic (exact) mass is 285 g/mol. The maximum Gasteiger partial charge on any atom is 0.351 e. The first-order valence-corrected chi connectivity index (χ1v) is 5.93. The van der Waals surface area contributed by atoms with Gasteiger partial charge in [0.05, 0.1) is 6.61 Å². The highest BCUT2D eigenvalue weighted by atomic mass is 16.6. The Morgan fingerprint density at radius 1 is 1.50 bits per heavy atom. The lowest BCUT2D eigenvalue weighted by Crippen LogP contribution is -2.36. The summed E-state index contributed by atoms with van der Waals surface area (Å²) in [7, 11) is 0. The maximum absolute atomic E-state index is 11.8. The van der Waals surface area contributed by atoms with Crippen LogP contribution in [0.15, 0.2) is 17.1 Å². The highest BCUT2D eigenvalue weighted by molar-refractivity contribution is 5.87. The second-order valence-corrected chi connectivity index (χ2v) is 4.41. The van der Waals surface area contributed by atoms with E-state index in [1.54, 1.807) is 0 Å². The van der Waals surface area contributed by atoms with Crippen LogP contribution in [0.5, 0.6) is 0 Å². The molecule has 110 valence electrons. The van der Waals surface area contributed by atoms with E-state index in [0.717, 1.165) is 4.57 Å². The quantitative estimate of drug-likeness (QED) is 0.495. The van der Waals surface area contributed by atoms with Gasteiger partial charge in [0, 0.05) is 13.1 Å². The Morgan fingerprint density at radius 3 is 2.70 bits per heavy atom. The summed E-state index contributed by atoms with van der Waals surface area (Å²) in [6, 6.07) is 1.36. The minimum absolute atomic E-state index is 0.0745. The smallest absolute Gasteiger partial charge is 0.351 e. The number of amides is 1. The van der Waals surface area contributed by atoms with Gasteiger partial charge in [-0.25, -0.2) is 4.79 Å². The molecule has 0 saturated carbocycles. The number of carbonyl (C=O) groups is 1. The largest absolute Gasteiger partial charge is 0.394 e. The van der Waals surface area contributed by atoms with Crippen molar-refractivity contribution in [3.8, 4) is 0 Å². The third kappa shape index (κ3) is 2.70. The minimum atomic E-state index is -1.36. The highest BCUT2D eigenvalue weighted by Crippen LogP contribution is 2.27. The number of aromatic nitrogens is 2. The molecule has 2 rings (SSSR count). The second kappa shape index (κ2) is 5.67. The zero-order chi connectivity index (χ0) is 14.9. The van der Waals surface area contributed by atoms with Crippen LogP contribution in [0.2, 0.25) is 0 Å². The average molecular weight is 285 g/mol. The van der Waals surface area contributed by atoms with Gasteiger partial charge >= 0.3 is 5.69 Å². The Balaban J connectivity index is 2.26. The molecular formula is C11H15N3O6. The molecule has 9 heteroatoms. The summed E-state index contributed by atoms with van der Waals surface area (Å²) in [5.41, 5.74) is -0.758. The molecule has 0 aromatic carbocycles. The van der Waals surface area contributed by atoms with Gasteiger partial charge in [0.1, 0.15) is 24.1 Å². The Kier molecular flexibility index (Phi) is 4.14. The Bertz CT molecular complexity index is 559. The summed E-state index contributed by atoms with van der Waals surface area (Å²) in [5, 5.41) is 30.8. The molecule has 0 radical (unpaired) electrons. The van der Waals surface area contributed by atoms with Crippen molar-refractivity contribution in [2.75, 3.05) is 11.9 Å². The van der Waals surface area contributed by atoms with Gasteiger partial charge in [0.2, 0.25) is 5.91 Å². The number of hydrogen-bond donors (Lipinski definition) is 4. The molecule has 20 heavy (non-hydrogen) atoms. The molecular weight excluding hydrogens is 270 g/mol. The molecule has 1 amide bonds. The van der Waals surface area contributed by atoms with Crippen LogP contribution in [-0.4, -0.2) is 55.7 Å². The van der Waals surface area contributed by atoms with Crippen LogP contribution < -0.4 is 11.0 Å². The van der Waals surface area contributed by atoms with Crippen LogP contribution in [-0.2, 0) is 9.53 Å². The number of nitrogens with one attached hydrogen (secondary N) is 1. The van der Waals surface area contributed by atoms with E-state index in [2.05, 4.69) is 10.3 Å². The number of aliphatic hydroxyl groups excluding tert-OH is 3. The van der Waals surface area contributed by atoms with E-state index in [0.29, 0.717) is 0 Å². The normalized spacial score (nSPS) is 29.4. The number of hydrogen-bond acceptors (Lipinski definition) is 7. The van der Waals surface area contributed by atoms with E-state index in [9.17, 15) is 19.8 Å². The summed E-state index contributed by atoms with van der Waals surface area (Å²) < 4.78 is 6.19. The van der Waals surface area contributed by atoms with Crippen molar-refractivity contribution >= 4 is 11.7 Å². The molecule has 1 aromatic heterocycles. The summed E-state index contributed by atoms with van der Waals surface area (Å²) in [6.45, 7) is 0.792. The van der Waals surface area contributed by atoms with E-state index < -0.39 is 36.8 Å². The van der Waals surface area contributed by atoms with Gasteiger partial charge < -0.3 is 25.4 Å². The molecule has 1 aliphatic heterocycles. The molecule has 1 aromatic rings. The predicted octanol–water partition coefficient (Wildman–Crippen LogP) is -2.19. The molecule has 1 fully saturated rings. The van der Waals surface area contributed by atoms with Gasteiger partial charge in [0.25, 0.3) is 0 Å². The van der Waals surface area contributed by atoms with Crippen LogP contribution in [0.4, 0.5) is 5.82 Å². The standard InChI is InChI=1S/C11H15N3O6/c1-5(16)12-7-2-3-14(11(19)13-7)10-9(18)8(17)6(4-15)20-10/h2-3,6,8-10,15,17-18H,4H2,1H3,(H,12,13,16,19). The summed E-state index contributed by atoms with van der Waals surface area (Å²) >= 11 is 0. The van der Waals surface area contributed by atoms with Crippen molar-refractivity contribution in [2.24, 2.45) is 0 Å². The zero-order valence-corrected chi connectivity index (χ0v) is 10.6. The van der Waals surface area contributed by atoms with Gasteiger partial charge in [-0.3, -0.25) is 9.36 Å². The zero-order valence-electron chi connectivity index (χ0n) is 10.6. The first-order chi connectivity index (χ1) is 9.43. The van der Waals surface area contributed by atoms with Crippen LogP contribution in [0.1, 0.15) is 13.2 Å². The Labute approximate surface area is 113 Å². The van der Waals surface area contributed by atoms with Gasteiger partial charge in [-0.15, -0.1) is 0 Å². The van der Waals surface area contributed by atoms with E-state index in [-0.39, 0.29) is 11.7 Å². The van der Waals surface area contributed by atoms with Crippen molar-refractivity contribution in [1.82, 2.24) is 9.55 Å². The molecule has 0 spiro atoms. The number of nitrogens with zero attached hydrogens (tertiary/aromatic N) is 2. The van der Waals surface area contributed by atoms with Gasteiger partial charge in [-0.05, 0) is 6.07 Å². The molecule has 9 nitrogen and oxygen atoms in total. The molecule has 4 atom stereocenters. The number of aliphatic hydroxyl groups is 3. The van der Waals surface area contributed by atoms with Crippen molar-refractivity contribution in [2.45, 2.75) is 31.5 Å². The fourth-order valence-electron chi connectivity index (χ4n) is 1.97. The average Bonchev–Trinajstić information content (AvgIpc) is 2.66. The van der Waals surface area contributed by atoms with Crippen LogP contribution >= 0.6 is 0 Å². The fraction of sp³-hybridized carbons (Fsp3) is 0.545. The van der Waals surface area contributed by atoms with Crippen molar-refractivity contribution < 1.29 is 24.9 Å². The fourth-order valence-corrected chi connectivity index (χ4v) is 1.97. The topological polar surface area (TPSA) is 134 Å². The van der Waals surface area contributed by atoms with Gasteiger partial charge in [-0.1, -0.05) is 0 Å². The van der Waals surface area contributed by atoms with E-state index >= 15 is 0 Å². The number of ether oxygens (including phenoxy) is 1. The third-order valence-electron chi connectivity index (χ3n) is 2.93. The second-order valence-electron chi connectivity index (χ2n) is 4.41. The number of rotatable bonds is 3. The molecule has 1 aliphatic rings. The lowest BCUT2D eigenvalue weighted by molar-refractivity contribution is -0.114. The highest BCUT2D eigenvalue weighted by Gasteiger charge is 2.43. The van der Waals surface area contributed by atoms with Gasteiger partial charge in [0.15, 0.2) is 6.23 Å². The van der Waals surface area contributed by atoms with Crippen LogP contribution in [0, 0.1) is 0 Å². The Hall–Kier alpha value is -1.81. The molecule has 4 N–H and O–H groups in total. The SMILES string of the molecule is CC(=O)Nc1ccn(C2OC(CO)C(O)C2O)c(=O)n1. The van der Waals surface area contributed by atoms with Gasteiger partial charge in [-0.2, -0.15) is 4.98 Å². The lowest BCUT2D eigenvalue weighted by atomic mass is 10.1. The number of carbonyl (C=O) groups excluding carboxylic acids is 1. The summed E-state index contributed by atoms with van der Waals surface area (Å²) in [4.78, 5) is 26.3. The molecule has 2 heterocycles. The van der Waals surface area contributed by atoms with Crippen molar-refractivity contribution in [3.63, 3.8) is 0 Å². The lowest BCUT2D eigenvalue weighted by Gasteiger charge is -2.17. The number of anilines is 1. The van der Waals surface area contributed by atoms with E-state index in [1.807, 2.05) is 0 Å². The molecule has 0 aliphatic carbocycles. The van der Waals surface area contributed by atoms with E-state index in [1.165, 1.54) is 19.2 Å². The summed E-state index contributed by atoms with van der Waals surface area (Å²) in [6.07, 6.45) is -3.50. The summed E-state index contributed by atoms with van der Waals surface area (Å²) in [5.74, 6) is -0.298.